The number of hydrogen-bond acceptors (Lipinski definition) is 6. The largest absolute Gasteiger partial charge is 0.349 e. The van der Waals surface area contributed by atoms with Crippen molar-refractivity contribution in [2.24, 2.45) is 0 Å². The molecule has 6 nitrogen and oxygen atoms in total. The van der Waals surface area contributed by atoms with Gasteiger partial charge in [-0.05, 0) is 0 Å². The minimum absolute atomic E-state index is 3.01. The van der Waals surface area contributed by atoms with Gasteiger partial charge in [0.2, 0.25) is 0 Å². The van der Waals surface area contributed by atoms with Crippen molar-refractivity contribution in [2.45, 2.75) is 11.4 Å². The molecule has 0 amide bonds. The standard InChI is InChI=1S/C2H2F2O6S2/c3-1-9-11(5,6)2(4)12(7,8)10-1/h1-2H. The SMILES string of the molecule is O=S1(=O)OC(F)OS(=O)(=O)C1F. The number of halogens is 2. The Morgan fingerprint density at radius 3 is 1.58 bits per heavy atom. The van der Waals surface area contributed by atoms with Crippen LogP contribution in [0.2, 0.25) is 0 Å². The third kappa shape index (κ3) is 1.55. The topological polar surface area (TPSA) is 86.7 Å². The van der Waals surface area contributed by atoms with Crippen LogP contribution in [0.3, 0.4) is 0 Å². The number of rotatable bonds is 0. The van der Waals surface area contributed by atoms with Gasteiger partial charge < -0.3 is 0 Å². The van der Waals surface area contributed by atoms with E-state index in [1.165, 1.54) is 0 Å². The minimum Gasteiger partial charge on any atom is -0.207 e. The van der Waals surface area contributed by atoms with E-state index < -0.39 is 31.6 Å². The third-order valence-electron chi connectivity index (χ3n) is 0.873. The molecule has 0 unspecified atom stereocenters. The summed E-state index contributed by atoms with van der Waals surface area (Å²) in [5.74, 6) is 0. The molecule has 1 aliphatic rings. The van der Waals surface area contributed by atoms with Crippen molar-refractivity contribution in [2.75, 3.05) is 0 Å². The summed E-state index contributed by atoms with van der Waals surface area (Å²) >= 11 is 0. The molecule has 0 aromatic carbocycles. The maximum absolute atomic E-state index is 12.3. The summed E-state index contributed by atoms with van der Waals surface area (Å²) < 4.78 is 72.0. The van der Waals surface area contributed by atoms with Crippen LogP contribution in [0, 0.1) is 0 Å². The van der Waals surface area contributed by atoms with Gasteiger partial charge in [0.25, 0.3) is 0 Å². The van der Waals surface area contributed by atoms with Crippen molar-refractivity contribution in [1.29, 1.82) is 0 Å². The zero-order valence-electron chi connectivity index (χ0n) is 5.18. The van der Waals surface area contributed by atoms with Crippen molar-refractivity contribution in [3.8, 4) is 0 Å². The predicted molar refractivity (Wildman–Crippen MR) is 29.8 cm³/mol. The van der Waals surface area contributed by atoms with Crippen molar-refractivity contribution < 1.29 is 34.0 Å². The molecule has 72 valence electrons. The molecule has 1 fully saturated rings. The fourth-order valence-electron chi connectivity index (χ4n) is 0.459. The van der Waals surface area contributed by atoms with Gasteiger partial charge in [0.15, 0.2) is 0 Å². The van der Waals surface area contributed by atoms with Gasteiger partial charge in [-0.3, -0.25) is 0 Å². The Hall–Kier alpha value is -0.320. The van der Waals surface area contributed by atoms with Crippen molar-refractivity contribution in [3.63, 3.8) is 0 Å². The summed E-state index contributed by atoms with van der Waals surface area (Å²) in [5, 5.41) is 0. The fraction of sp³-hybridized carbons (Fsp3) is 1.00. The molecule has 12 heavy (non-hydrogen) atoms. The second kappa shape index (κ2) is 2.58. The van der Waals surface area contributed by atoms with Gasteiger partial charge >= 0.3 is 31.6 Å². The maximum Gasteiger partial charge on any atom is 0.349 e. The molecule has 0 aliphatic carbocycles. The summed E-state index contributed by atoms with van der Waals surface area (Å²) in [6, 6.07) is 0. The molecular weight excluding hydrogens is 222 g/mol. The molecule has 0 saturated carbocycles. The van der Waals surface area contributed by atoms with Gasteiger partial charge in [-0.25, -0.2) is 12.8 Å². The molecule has 1 aliphatic heterocycles. The Kier molecular flexibility index (Phi) is 2.10. The van der Waals surface area contributed by atoms with E-state index in [4.69, 9.17) is 0 Å². The second-order valence-corrected chi connectivity index (χ2v) is 5.21. The molecule has 1 rings (SSSR count). The summed E-state index contributed by atoms with van der Waals surface area (Å²) in [7, 11) is -10.1. The molecule has 0 N–H and O–H groups in total. The normalized spacial score (nSPS) is 39.2. The van der Waals surface area contributed by atoms with Gasteiger partial charge in [-0.2, -0.15) is 21.2 Å². The van der Waals surface area contributed by atoms with E-state index in [-0.39, 0.29) is 0 Å². The first-order valence-electron chi connectivity index (χ1n) is 2.38. The van der Waals surface area contributed by atoms with Crippen molar-refractivity contribution in [3.05, 3.63) is 0 Å². The zero-order chi connectivity index (χ0) is 9.57. The second-order valence-electron chi connectivity index (χ2n) is 1.73. The highest BCUT2D eigenvalue weighted by Crippen LogP contribution is 2.25. The van der Waals surface area contributed by atoms with Crippen molar-refractivity contribution in [1.82, 2.24) is 0 Å². The average Bonchev–Trinajstić information content (AvgIpc) is 1.80. The summed E-state index contributed by atoms with van der Waals surface area (Å²) in [6.07, 6.45) is 0. The van der Waals surface area contributed by atoms with E-state index in [2.05, 4.69) is 8.37 Å². The van der Waals surface area contributed by atoms with Crippen LogP contribution in [0.4, 0.5) is 8.78 Å². The first-order chi connectivity index (χ1) is 5.26. The van der Waals surface area contributed by atoms with Gasteiger partial charge in [0.05, 0.1) is 0 Å². The molecule has 0 atom stereocenters. The summed E-state index contributed by atoms with van der Waals surface area (Å²) in [6.45, 7) is -3.01. The van der Waals surface area contributed by atoms with Gasteiger partial charge in [0.1, 0.15) is 0 Å². The average molecular weight is 224 g/mol. The van der Waals surface area contributed by atoms with E-state index in [9.17, 15) is 25.6 Å². The first-order valence-corrected chi connectivity index (χ1v) is 5.32. The van der Waals surface area contributed by atoms with Gasteiger partial charge in [-0.15, -0.1) is 0 Å². The Balaban J connectivity index is 3.18. The first kappa shape index (κ1) is 9.77. The Morgan fingerprint density at radius 2 is 1.25 bits per heavy atom. The van der Waals surface area contributed by atoms with E-state index in [0.717, 1.165) is 0 Å². The number of hydrogen-bond donors (Lipinski definition) is 0. The Labute approximate surface area is 66.3 Å². The molecule has 0 bridgehead atoms. The lowest BCUT2D eigenvalue weighted by Crippen LogP contribution is -2.39. The van der Waals surface area contributed by atoms with Crippen LogP contribution in [-0.4, -0.2) is 28.2 Å². The van der Waals surface area contributed by atoms with E-state index >= 15 is 0 Å². The van der Waals surface area contributed by atoms with E-state index in [0.29, 0.717) is 0 Å². The lowest BCUT2D eigenvalue weighted by atomic mass is 11.4. The number of alkyl halides is 2. The fourth-order valence-corrected chi connectivity index (χ4v) is 2.61. The minimum atomic E-state index is -5.07. The lowest BCUT2D eigenvalue weighted by Gasteiger charge is -2.18. The zero-order valence-corrected chi connectivity index (χ0v) is 6.81. The van der Waals surface area contributed by atoms with E-state index in [1.54, 1.807) is 0 Å². The van der Waals surface area contributed by atoms with Gasteiger partial charge in [-0.1, -0.05) is 0 Å². The molecular formula is C2H2F2O6S2. The van der Waals surface area contributed by atoms with Crippen LogP contribution >= 0.6 is 0 Å². The highest BCUT2D eigenvalue weighted by Gasteiger charge is 2.48. The predicted octanol–water partition coefficient (Wildman–Crippen LogP) is -0.801. The Morgan fingerprint density at radius 1 is 0.917 bits per heavy atom. The molecule has 0 spiro atoms. The highest BCUT2D eigenvalue weighted by molar-refractivity contribution is 8.04. The van der Waals surface area contributed by atoms with Gasteiger partial charge in [0, 0.05) is 0 Å². The van der Waals surface area contributed by atoms with Crippen molar-refractivity contribution >= 4 is 20.2 Å². The summed E-state index contributed by atoms with van der Waals surface area (Å²) in [4.78, 5) is -3.39. The van der Waals surface area contributed by atoms with Crippen LogP contribution in [-0.2, 0) is 28.6 Å². The summed E-state index contributed by atoms with van der Waals surface area (Å²) in [5.41, 5.74) is 0. The smallest absolute Gasteiger partial charge is 0.207 e. The van der Waals surface area contributed by atoms with Crippen LogP contribution in [0.15, 0.2) is 0 Å². The van der Waals surface area contributed by atoms with Crippen LogP contribution in [0.25, 0.3) is 0 Å². The highest BCUT2D eigenvalue weighted by atomic mass is 32.3. The van der Waals surface area contributed by atoms with Crippen LogP contribution in [0.5, 0.6) is 0 Å². The maximum atomic E-state index is 12.3. The molecule has 0 radical (unpaired) electrons. The quantitative estimate of drug-likeness (QED) is 0.500. The molecule has 10 heteroatoms. The van der Waals surface area contributed by atoms with E-state index in [1.807, 2.05) is 0 Å². The lowest BCUT2D eigenvalue weighted by molar-refractivity contribution is -0.0987. The van der Waals surface area contributed by atoms with Crippen LogP contribution in [0.1, 0.15) is 0 Å². The Bertz CT molecular complexity index is 332. The van der Waals surface area contributed by atoms with Crippen LogP contribution < -0.4 is 0 Å². The molecule has 1 heterocycles. The third-order valence-corrected chi connectivity index (χ3v) is 4.03. The molecule has 1 saturated heterocycles. The monoisotopic (exact) mass is 224 g/mol. The molecule has 0 aromatic rings. The molecule has 0 aromatic heterocycles.